The summed E-state index contributed by atoms with van der Waals surface area (Å²) in [6.45, 7) is 1.92. The molecule has 0 aromatic heterocycles. The van der Waals surface area contributed by atoms with Gasteiger partial charge in [0.1, 0.15) is 17.2 Å². The molecule has 116 valence electrons. The van der Waals surface area contributed by atoms with Crippen LogP contribution >= 0.6 is 15.9 Å². The van der Waals surface area contributed by atoms with E-state index >= 15 is 0 Å². The average Bonchev–Trinajstić information content (AvgIpc) is 2.54. The number of carbonyl (C=O) groups excluding carboxylic acids is 1. The van der Waals surface area contributed by atoms with Crippen LogP contribution in [0.15, 0.2) is 46.9 Å². The van der Waals surface area contributed by atoms with Crippen molar-refractivity contribution in [3.05, 3.63) is 52.5 Å². The van der Waals surface area contributed by atoms with Crippen molar-refractivity contribution in [3.8, 4) is 17.2 Å². The van der Waals surface area contributed by atoms with Crippen molar-refractivity contribution >= 4 is 21.9 Å². The number of benzene rings is 2. The number of hydrogen-bond donors (Lipinski definition) is 0. The Balaban J connectivity index is 1.89. The molecule has 0 amide bonds. The fourth-order valence-electron chi connectivity index (χ4n) is 1.82. The topological polar surface area (TPSA) is 44.8 Å². The monoisotopic (exact) mass is 364 g/mol. The summed E-state index contributed by atoms with van der Waals surface area (Å²) in [5.41, 5.74) is 1.19. The Labute approximate surface area is 138 Å². The molecule has 0 fully saturated rings. The number of esters is 1. The molecule has 0 aliphatic heterocycles. The standard InChI is InChI=1S/C17H17BrO4/c1-3-12-4-9-16(15(18)10-12)21-11-17(19)22-14-7-5-13(20-2)6-8-14/h4-10H,3,11H2,1-2H3. The maximum atomic E-state index is 11.8. The van der Waals surface area contributed by atoms with Crippen molar-refractivity contribution in [1.29, 1.82) is 0 Å². The fourth-order valence-corrected chi connectivity index (χ4v) is 2.36. The zero-order valence-electron chi connectivity index (χ0n) is 12.5. The molecule has 0 N–H and O–H groups in total. The largest absolute Gasteiger partial charge is 0.497 e. The lowest BCUT2D eigenvalue weighted by atomic mass is 10.2. The van der Waals surface area contributed by atoms with Gasteiger partial charge in [0.15, 0.2) is 6.61 Å². The first-order valence-corrected chi connectivity index (χ1v) is 7.67. The molecule has 2 aromatic carbocycles. The number of aryl methyl sites for hydroxylation is 1. The summed E-state index contributed by atoms with van der Waals surface area (Å²) >= 11 is 3.43. The molecule has 0 atom stereocenters. The minimum Gasteiger partial charge on any atom is -0.497 e. The zero-order chi connectivity index (χ0) is 15.9. The third-order valence-electron chi connectivity index (χ3n) is 3.04. The van der Waals surface area contributed by atoms with Gasteiger partial charge < -0.3 is 14.2 Å². The number of hydrogen-bond acceptors (Lipinski definition) is 4. The Morgan fingerprint density at radius 1 is 1.09 bits per heavy atom. The first-order chi connectivity index (χ1) is 10.6. The van der Waals surface area contributed by atoms with Crippen LogP contribution in [-0.2, 0) is 11.2 Å². The van der Waals surface area contributed by atoms with E-state index in [1.807, 2.05) is 18.2 Å². The van der Waals surface area contributed by atoms with Crippen LogP contribution < -0.4 is 14.2 Å². The van der Waals surface area contributed by atoms with E-state index < -0.39 is 5.97 Å². The highest BCUT2D eigenvalue weighted by atomic mass is 79.9. The van der Waals surface area contributed by atoms with Gasteiger partial charge in [-0.1, -0.05) is 13.0 Å². The summed E-state index contributed by atoms with van der Waals surface area (Å²) in [6, 6.07) is 12.6. The van der Waals surface area contributed by atoms with Crippen LogP contribution in [0.2, 0.25) is 0 Å². The Hall–Kier alpha value is -2.01. The minimum atomic E-state index is -0.461. The molecule has 0 saturated heterocycles. The van der Waals surface area contributed by atoms with Crippen LogP contribution in [0.4, 0.5) is 0 Å². The van der Waals surface area contributed by atoms with Crippen LogP contribution in [0, 0.1) is 0 Å². The molecule has 0 unspecified atom stereocenters. The molecular weight excluding hydrogens is 348 g/mol. The zero-order valence-corrected chi connectivity index (χ0v) is 14.1. The van der Waals surface area contributed by atoms with E-state index in [0.717, 1.165) is 10.9 Å². The van der Waals surface area contributed by atoms with Crippen LogP contribution in [0.5, 0.6) is 17.2 Å². The fraction of sp³-hybridized carbons (Fsp3) is 0.235. The second-order valence-corrected chi connectivity index (χ2v) is 5.41. The molecule has 4 nitrogen and oxygen atoms in total. The third kappa shape index (κ3) is 4.49. The lowest BCUT2D eigenvalue weighted by molar-refractivity contribution is -0.136. The highest BCUT2D eigenvalue weighted by Crippen LogP contribution is 2.26. The minimum absolute atomic E-state index is 0.157. The summed E-state index contributed by atoms with van der Waals surface area (Å²) in [5.74, 6) is 1.31. The van der Waals surface area contributed by atoms with Crippen molar-refractivity contribution in [2.45, 2.75) is 13.3 Å². The Bertz CT molecular complexity index is 638. The maximum absolute atomic E-state index is 11.8. The number of rotatable bonds is 6. The molecular formula is C17H17BrO4. The van der Waals surface area contributed by atoms with Crippen molar-refractivity contribution in [3.63, 3.8) is 0 Å². The Morgan fingerprint density at radius 2 is 1.77 bits per heavy atom. The van der Waals surface area contributed by atoms with E-state index in [1.165, 1.54) is 5.56 Å². The van der Waals surface area contributed by atoms with Gasteiger partial charge >= 0.3 is 5.97 Å². The maximum Gasteiger partial charge on any atom is 0.349 e. The van der Waals surface area contributed by atoms with Gasteiger partial charge in [0.25, 0.3) is 0 Å². The van der Waals surface area contributed by atoms with E-state index in [1.54, 1.807) is 31.4 Å². The lowest BCUT2D eigenvalue weighted by Gasteiger charge is -2.09. The molecule has 0 bridgehead atoms. The summed E-state index contributed by atoms with van der Waals surface area (Å²) in [6.07, 6.45) is 0.943. The SMILES string of the molecule is CCc1ccc(OCC(=O)Oc2ccc(OC)cc2)c(Br)c1. The summed E-state index contributed by atoms with van der Waals surface area (Å²) in [4.78, 5) is 11.8. The predicted octanol–water partition coefficient (Wildman–Crippen LogP) is 4.00. The third-order valence-corrected chi connectivity index (χ3v) is 3.66. The van der Waals surface area contributed by atoms with Crippen LogP contribution in [0.1, 0.15) is 12.5 Å². The first-order valence-electron chi connectivity index (χ1n) is 6.88. The van der Waals surface area contributed by atoms with E-state index in [2.05, 4.69) is 22.9 Å². The Kier molecular flexibility index (Phi) is 5.83. The van der Waals surface area contributed by atoms with Crippen LogP contribution in [0.3, 0.4) is 0 Å². The second-order valence-electron chi connectivity index (χ2n) is 4.56. The molecule has 0 aliphatic carbocycles. The van der Waals surface area contributed by atoms with Gasteiger partial charge in [-0.3, -0.25) is 0 Å². The van der Waals surface area contributed by atoms with Crippen molar-refractivity contribution < 1.29 is 19.0 Å². The van der Waals surface area contributed by atoms with Gasteiger partial charge in [-0.15, -0.1) is 0 Å². The van der Waals surface area contributed by atoms with Crippen molar-refractivity contribution in [2.24, 2.45) is 0 Å². The van der Waals surface area contributed by atoms with E-state index in [0.29, 0.717) is 17.2 Å². The molecule has 0 radical (unpaired) electrons. The van der Waals surface area contributed by atoms with Gasteiger partial charge in [-0.2, -0.15) is 0 Å². The number of carbonyl (C=O) groups is 1. The van der Waals surface area contributed by atoms with Gasteiger partial charge in [-0.25, -0.2) is 4.79 Å². The molecule has 0 spiro atoms. The molecule has 0 saturated carbocycles. The average molecular weight is 365 g/mol. The van der Waals surface area contributed by atoms with Crippen LogP contribution in [-0.4, -0.2) is 19.7 Å². The second kappa shape index (κ2) is 7.84. The molecule has 22 heavy (non-hydrogen) atoms. The molecule has 2 rings (SSSR count). The highest BCUT2D eigenvalue weighted by Gasteiger charge is 2.08. The van der Waals surface area contributed by atoms with Crippen LogP contribution in [0.25, 0.3) is 0 Å². The molecule has 0 heterocycles. The van der Waals surface area contributed by atoms with Gasteiger partial charge in [0.2, 0.25) is 0 Å². The van der Waals surface area contributed by atoms with Gasteiger partial charge in [0.05, 0.1) is 11.6 Å². The normalized spacial score (nSPS) is 10.1. The quantitative estimate of drug-likeness (QED) is 0.573. The van der Waals surface area contributed by atoms with Gasteiger partial charge in [-0.05, 0) is 64.3 Å². The summed E-state index contributed by atoms with van der Waals surface area (Å²) in [7, 11) is 1.58. The lowest BCUT2D eigenvalue weighted by Crippen LogP contribution is -2.17. The van der Waals surface area contributed by atoms with E-state index in [-0.39, 0.29) is 6.61 Å². The van der Waals surface area contributed by atoms with E-state index in [9.17, 15) is 4.79 Å². The number of ether oxygens (including phenoxy) is 3. The van der Waals surface area contributed by atoms with E-state index in [4.69, 9.17) is 14.2 Å². The molecule has 2 aromatic rings. The van der Waals surface area contributed by atoms with Crippen molar-refractivity contribution in [2.75, 3.05) is 13.7 Å². The smallest absolute Gasteiger partial charge is 0.349 e. The summed E-state index contributed by atoms with van der Waals surface area (Å²) < 4.78 is 16.5. The Morgan fingerprint density at radius 3 is 2.36 bits per heavy atom. The van der Waals surface area contributed by atoms with Crippen molar-refractivity contribution in [1.82, 2.24) is 0 Å². The molecule has 0 aliphatic rings. The van der Waals surface area contributed by atoms with Gasteiger partial charge in [0, 0.05) is 0 Å². The predicted molar refractivity (Wildman–Crippen MR) is 87.6 cm³/mol. The number of halogens is 1. The number of methoxy groups -OCH3 is 1. The highest BCUT2D eigenvalue weighted by molar-refractivity contribution is 9.10. The molecule has 5 heteroatoms. The first kappa shape index (κ1) is 16.4. The summed E-state index contributed by atoms with van der Waals surface area (Å²) in [5, 5.41) is 0.